The van der Waals surface area contributed by atoms with Gasteiger partial charge in [0, 0.05) is 0 Å². The predicted molar refractivity (Wildman–Crippen MR) is 49.8 cm³/mol. The molecule has 1 aliphatic heterocycles. The van der Waals surface area contributed by atoms with Crippen molar-refractivity contribution in [3.8, 4) is 0 Å². The quantitative estimate of drug-likeness (QED) is 0.253. The van der Waals surface area contributed by atoms with Crippen molar-refractivity contribution in [2.45, 2.75) is 30.7 Å². The van der Waals surface area contributed by atoms with Crippen LogP contribution >= 0.6 is 8.17 Å². The van der Waals surface area contributed by atoms with Crippen LogP contribution in [-0.4, -0.2) is 72.4 Å². The maximum atomic E-state index is 9.37. The molecule has 1 heterocycles. The van der Waals surface area contributed by atoms with E-state index in [9.17, 15) is 10.2 Å². The Labute approximate surface area is 90.8 Å². The fourth-order valence-electron chi connectivity index (χ4n) is 1.26. The van der Waals surface area contributed by atoms with Gasteiger partial charge in [0.05, 0.1) is 0 Å². The fraction of sp³-hybridized carbons (Fsp3) is 1.00. The molecule has 7 N–H and O–H groups in total. The van der Waals surface area contributed by atoms with Crippen molar-refractivity contribution in [2.24, 2.45) is 0 Å². The maximum absolute atomic E-state index is 9.37. The summed E-state index contributed by atoms with van der Waals surface area (Å²) in [6.07, 6.45) is -7.96. The van der Waals surface area contributed by atoms with Crippen LogP contribution < -0.4 is 0 Å². The summed E-state index contributed by atoms with van der Waals surface area (Å²) < 4.78 is 8.82. The zero-order valence-electron chi connectivity index (χ0n) is 8.04. The van der Waals surface area contributed by atoms with Crippen molar-refractivity contribution in [2.75, 3.05) is 6.61 Å². The van der Waals surface area contributed by atoms with Crippen LogP contribution in [0.15, 0.2) is 0 Å². The first-order valence-electron chi connectivity index (χ1n) is 4.41. The van der Waals surface area contributed by atoms with Gasteiger partial charge in [-0.15, -0.1) is 0 Å². The van der Waals surface area contributed by atoms with E-state index in [1.54, 1.807) is 0 Å². The molecule has 0 amide bonds. The normalized spacial score (nSPS) is 42.1. The molecule has 1 saturated heterocycles. The SMILES string of the molecule is OC1OC(CO[PH](O)(O)O)C(O)C(O)C1O. The number of aliphatic hydroxyl groups excluding tert-OH is 4. The Bertz CT molecular complexity index is 231. The van der Waals surface area contributed by atoms with Gasteiger partial charge in [0.2, 0.25) is 0 Å². The summed E-state index contributed by atoms with van der Waals surface area (Å²) in [4.78, 5) is 25.6. The van der Waals surface area contributed by atoms with Gasteiger partial charge < -0.3 is 0 Å². The molecule has 16 heavy (non-hydrogen) atoms. The molecule has 5 atom stereocenters. The number of hydrogen-bond donors (Lipinski definition) is 7. The molecule has 0 aliphatic carbocycles. The Hall–Kier alpha value is 0.0700. The Balaban J connectivity index is 2.54. The molecule has 0 bridgehead atoms. The van der Waals surface area contributed by atoms with Crippen LogP contribution in [0.25, 0.3) is 0 Å². The van der Waals surface area contributed by atoms with Crippen molar-refractivity contribution in [1.82, 2.24) is 0 Å². The second kappa shape index (κ2) is 5.15. The van der Waals surface area contributed by atoms with E-state index in [0.29, 0.717) is 0 Å². The first-order valence-corrected chi connectivity index (χ1v) is 6.16. The van der Waals surface area contributed by atoms with Crippen LogP contribution in [0.2, 0.25) is 0 Å². The monoisotopic (exact) mass is 262 g/mol. The van der Waals surface area contributed by atoms with Gasteiger partial charge in [-0.25, -0.2) is 0 Å². The molecule has 0 aromatic carbocycles. The third-order valence-electron chi connectivity index (χ3n) is 2.13. The van der Waals surface area contributed by atoms with Crippen molar-refractivity contribution >= 4 is 8.17 Å². The first-order chi connectivity index (χ1) is 7.22. The van der Waals surface area contributed by atoms with Gasteiger partial charge >= 0.3 is 89.8 Å². The van der Waals surface area contributed by atoms with E-state index in [4.69, 9.17) is 24.9 Å². The van der Waals surface area contributed by atoms with Gasteiger partial charge in [-0.1, -0.05) is 0 Å². The van der Waals surface area contributed by atoms with E-state index in [0.717, 1.165) is 0 Å². The van der Waals surface area contributed by atoms with Crippen molar-refractivity contribution in [1.29, 1.82) is 0 Å². The van der Waals surface area contributed by atoms with E-state index in [1.165, 1.54) is 0 Å². The summed E-state index contributed by atoms with van der Waals surface area (Å²) in [7, 11) is -4.75. The molecular formula is C6H15O9P. The number of aliphatic hydroxyl groups is 4. The molecule has 0 aromatic heterocycles. The third-order valence-corrected chi connectivity index (χ3v) is 2.68. The third kappa shape index (κ3) is 3.54. The Kier molecular flexibility index (Phi) is 4.55. The minimum atomic E-state index is -4.75. The van der Waals surface area contributed by atoms with Gasteiger partial charge in [-0.3, -0.25) is 0 Å². The van der Waals surface area contributed by atoms with Gasteiger partial charge in [0.15, 0.2) is 0 Å². The Morgan fingerprint density at radius 2 is 1.50 bits per heavy atom. The number of hydrogen-bond acceptors (Lipinski definition) is 9. The van der Waals surface area contributed by atoms with Crippen LogP contribution in [-0.2, 0) is 9.26 Å². The van der Waals surface area contributed by atoms with E-state index in [2.05, 4.69) is 9.26 Å². The number of ether oxygens (including phenoxy) is 1. The summed E-state index contributed by atoms with van der Waals surface area (Å²) in [6, 6.07) is 0. The number of rotatable bonds is 3. The molecule has 1 fully saturated rings. The van der Waals surface area contributed by atoms with Gasteiger partial charge in [-0.05, 0) is 0 Å². The summed E-state index contributed by atoms with van der Waals surface area (Å²) in [5.74, 6) is 0. The molecule has 9 nitrogen and oxygen atoms in total. The van der Waals surface area contributed by atoms with Crippen LogP contribution in [0.3, 0.4) is 0 Å². The zero-order chi connectivity index (χ0) is 12.5. The Morgan fingerprint density at radius 3 is 2.00 bits per heavy atom. The van der Waals surface area contributed by atoms with Gasteiger partial charge in [0.1, 0.15) is 0 Å². The molecule has 98 valence electrons. The molecule has 0 saturated carbocycles. The van der Waals surface area contributed by atoms with Crippen molar-refractivity contribution < 1.29 is 44.4 Å². The van der Waals surface area contributed by atoms with Crippen LogP contribution in [0.5, 0.6) is 0 Å². The molecule has 0 radical (unpaired) electrons. The average molecular weight is 262 g/mol. The molecule has 1 rings (SSSR count). The van der Waals surface area contributed by atoms with Gasteiger partial charge in [-0.2, -0.15) is 0 Å². The summed E-state index contributed by atoms with van der Waals surface area (Å²) >= 11 is 0. The van der Waals surface area contributed by atoms with Crippen molar-refractivity contribution in [3.63, 3.8) is 0 Å². The average Bonchev–Trinajstić information content (AvgIpc) is 2.17. The second-order valence-corrected chi connectivity index (χ2v) is 4.86. The van der Waals surface area contributed by atoms with Crippen LogP contribution in [0, 0.1) is 0 Å². The topological polar surface area (TPSA) is 160 Å². The second-order valence-electron chi connectivity index (χ2n) is 3.42. The molecule has 1 aliphatic rings. The molecule has 0 spiro atoms. The fourth-order valence-corrected chi connectivity index (χ4v) is 1.65. The van der Waals surface area contributed by atoms with Crippen LogP contribution in [0.1, 0.15) is 0 Å². The van der Waals surface area contributed by atoms with Gasteiger partial charge in [0.25, 0.3) is 0 Å². The minimum absolute atomic E-state index is 0.655. The van der Waals surface area contributed by atoms with Crippen LogP contribution in [0.4, 0.5) is 0 Å². The van der Waals surface area contributed by atoms with E-state index >= 15 is 0 Å². The Morgan fingerprint density at radius 1 is 0.938 bits per heavy atom. The predicted octanol–water partition coefficient (Wildman–Crippen LogP) is -3.81. The molecule has 0 aromatic rings. The van der Waals surface area contributed by atoms with Crippen molar-refractivity contribution in [3.05, 3.63) is 0 Å². The zero-order valence-corrected chi connectivity index (χ0v) is 9.04. The summed E-state index contributed by atoms with van der Waals surface area (Å²) in [5, 5.41) is 36.8. The van der Waals surface area contributed by atoms with E-state index < -0.39 is 45.5 Å². The summed E-state index contributed by atoms with van der Waals surface area (Å²) in [5.41, 5.74) is 0. The standard InChI is InChI=1S/C6H15O9P/c7-3-2(1-14-16(11,12)13)15-6(10)5(9)4(3)8/h2-13,16H,1H2. The van der Waals surface area contributed by atoms with E-state index in [1.807, 2.05) is 0 Å². The molecular weight excluding hydrogens is 247 g/mol. The molecule has 5 unspecified atom stereocenters. The summed E-state index contributed by atoms with van der Waals surface area (Å²) in [6.45, 7) is -0.655. The first kappa shape index (κ1) is 14.1. The van der Waals surface area contributed by atoms with E-state index in [-0.39, 0.29) is 0 Å². The molecule has 10 heteroatoms.